The number of hydrogen-bond donors (Lipinski definition) is 1. The summed E-state index contributed by atoms with van der Waals surface area (Å²) in [6.45, 7) is 3.71. The zero-order valence-electron chi connectivity index (χ0n) is 12.6. The van der Waals surface area contributed by atoms with Crippen molar-refractivity contribution in [1.82, 2.24) is 5.32 Å². The lowest BCUT2D eigenvalue weighted by molar-refractivity contribution is -0.108. The molecule has 4 nitrogen and oxygen atoms in total. The fraction of sp³-hybridized carbons (Fsp3) is 0.158. The van der Waals surface area contributed by atoms with E-state index < -0.39 is 12.1 Å². The number of rotatable bonds is 5. The van der Waals surface area contributed by atoms with E-state index in [2.05, 4.69) is 36.2 Å². The molecule has 0 saturated carbocycles. The van der Waals surface area contributed by atoms with Gasteiger partial charge in [0.05, 0.1) is 0 Å². The van der Waals surface area contributed by atoms with Gasteiger partial charge in [-0.25, -0.2) is 4.79 Å². The number of carbonyl (C=O) groups excluding carboxylic acids is 2. The molecule has 1 aliphatic carbocycles. The molecule has 1 amide bonds. The number of ether oxygens (including phenoxy) is 1. The first-order valence-corrected chi connectivity index (χ1v) is 7.44. The average Bonchev–Trinajstić information content (AvgIpc) is 2.92. The lowest BCUT2D eigenvalue weighted by Gasteiger charge is -2.15. The molecule has 0 radical (unpaired) electrons. The molecule has 2 aromatic carbocycles. The first kappa shape index (κ1) is 15.0. The van der Waals surface area contributed by atoms with Crippen molar-refractivity contribution in [2.75, 3.05) is 6.61 Å². The molecule has 0 unspecified atom stereocenters. The van der Waals surface area contributed by atoms with Crippen molar-refractivity contribution in [2.24, 2.45) is 0 Å². The Hall–Kier alpha value is -2.88. The van der Waals surface area contributed by atoms with E-state index in [-0.39, 0.29) is 12.5 Å². The highest BCUT2D eigenvalue weighted by Gasteiger charge is 2.29. The molecule has 1 atom stereocenters. The zero-order chi connectivity index (χ0) is 16.2. The summed E-state index contributed by atoms with van der Waals surface area (Å²) in [4.78, 5) is 22.5. The fourth-order valence-electron chi connectivity index (χ4n) is 2.92. The third-order valence-electron chi connectivity index (χ3n) is 4.03. The molecule has 0 bridgehead atoms. The van der Waals surface area contributed by atoms with E-state index in [1.165, 1.54) is 17.2 Å². The van der Waals surface area contributed by atoms with Crippen LogP contribution in [0, 0.1) is 0 Å². The normalized spacial score (nSPS) is 13.6. The van der Waals surface area contributed by atoms with E-state index in [0.29, 0.717) is 6.29 Å². The van der Waals surface area contributed by atoms with Crippen LogP contribution in [-0.4, -0.2) is 25.0 Å². The Morgan fingerprint density at radius 3 is 2.22 bits per heavy atom. The molecular formula is C19H17NO3. The minimum atomic E-state index is -0.731. The SMILES string of the molecule is C=C[C@@H](C=O)NC(=O)OCC1c2ccccc2-c2ccccc21. The number of carbonyl (C=O) groups is 2. The minimum absolute atomic E-state index is 0.00608. The molecule has 0 aliphatic heterocycles. The van der Waals surface area contributed by atoms with Gasteiger partial charge in [0.25, 0.3) is 0 Å². The monoisotopic (exact) mass is 307 g/mol. The Balaban J connectivity index is 1.77. The van der Waals surface area contributed by atoms with E-state index in [1.54, 1.807) is 0 Å². The Morgan fingerprint density at radius 1 is 1.13 bits per heavy atom. The summed E-state index contributed by atoms with van der Waals surface area (Å²) in [5.74, 6) is 0.00608. The predicted molar refractivity (Wildman–Crippen MR) is 88.3 cm³/mol. The molecule has 0 saturated heterocycles. The second-order valence-electron chi connectivity index (χ2n) is 5.37. The Labute approximate surface area is 134 Å². The summed E-state index contributed by atoms with van der Waals surface area (Å²) >= 11 is 0. The first-order chi connectivity index (χ1) is 11.2. The smallest absolute Gasteiger partial charge is 0.407 e. The Bertz CT molecular complexity index is 700. The quantitative estimate of drug-likeness (QED) is 0.681. The van der Waals surface area contributed by atoms with Gasteiger partial charge in [-0.05, 0) is 22.3 Å². The van der Waals surface area contributed by atoms with E-state index in [1.807, 2.05) is 24.3 Å². The molecule has 23 heavy (non-hydrogen) atoms. The van der Waals surface area contributed by atoms with Gasteiger partial charge in [0.1, 0.15) is 18.9 Å². The van der Waals surface area contributed by atoms with Crippen LogP contribution in [0.25, 0.3) is 11.1 Å². The van der Waals surface area contributed by atoms with Crippen LogP contribution >= 0.6 is 0 Å². The van der Waals surface area contributed by atoms with Gasteiger partial charge in [-0.15, -0.1) is 6.58 Å². The molecular weight excluding hydrogens is 290 g/mol. The highest BCUT2D eigenvalue weighted by molar-refractivity contribution is 5.79. The van der Waals surface area contributed by atoms with Crippen molar-refractivity contribution in [2.45, 2.75) is 12.0 Å². The standard InChI is InChI=1S/C19H17NO3/c1-2-13(11-21)20-19(22)23-12-18-16-9-5-3-7-14(16)15-8-4-6-10-17(15)18/h2-11,13,18H,1,12H2,(H,20,22)/t13-/m0/s1. The highest BCUT2D eigenvalue weighted by Crippen LogP contribution is 2.44. The topological polar surface area (TPSA) is 55.4 Å². The van der Waals surface area contributed by atoms with Crippen LogP contribution in [0.1, 0.15) is 17.0 Å². The number of benzene rings is 2. The van der Waals surface area contributed by atoms with Crippen molar-refractivity contribution in [3.63, 3.8) is 0 Å². The van der Waals surface area contributed by atoms with Crippen LogP contribution in [-0.2, 0) is 9.53 Å². The van der Waals surface area contributed by atoms with Crippen molar-refractivity contribution < 1.29 is 14.3 Å². The van der Waals surface area contributed by atoms with Crippen LogP contribution in [0.15, 0.2) is 61.2 Å². The maximum Gasteiger partial charge on any atom is 0.407 e. The third-order valence-corrected chi connectivity index (χ3v) is 4.03. The summed E-state index contributed by atoms with van der Waals surface area (Å²) in [5.41, 5.74) is 4.65. The molecule has 3 rings (SSSR count). The summed E-state index contributed by atoms with van der Waals surface area (Å²) in [6.07, 6.45) is 1.34. The number of amides is 1. The molecule has 116 valence electrons. The van der Waals surface area contributed by atoms with Crippen molar-refractivity contribution in [1.29, 1.82) is 0 Å². The van der Waals surface area contributed by atoms with E-state index in [0.717, 1.165) is 11.1 Å². The van der Waals surface area contributed by atoms with Crippen LogP contribution in [0.2, 0.25) is 0 Å². The Kier molecular flexibility index (Phi) is 4.24. The summed E-state index contributed by atoms with van der Waals surface area (Å²) in [6, 6.07) is 15.5. The van der Waals surface area contributed by atoms with Gasteiger partial charge in [-0.2, -0.15) is 0 Å². The maximum absolute atomic E-state index is 11.8. The lowest BCUT2D eigenvalue weighted by atomic mass is 9.98. The van der Waals surface area contributed by atoms with Gasteiger partial charge in [-0.1, -0.05) is 54.6 Å². The Morgan fingerprint density at radius 2 is 1.70 bits per heavy atom. The molecule has 0 aromatic heterocycles. The van der Waals surface area contributed by atoms with Gasteiger partial charge >= 0.3 is 6.09 Å². The van der Waals surface area contributed by atoms with Gasteiger partial charge in [0.15, 0.2) is 0 Å². The van der Waals surface area contributed by atoms with Gasteiger partial charge < -0.3 is 14.8 Å². The number of alkyl carbamates (subject to hydrolysis) is 1. The molecule has 1 N–H and O–H groups in total. The fourth-order valence-corrected chi connectivity index (χ4v) is 2.92. The largest absolute Gasteiger partial charge is 0.449 e. The third kappa shape index (κ3) is 2.88. The molecule has 0 fully saturated rings. The van der Waals surface area contributed by atoms with E-state index >= 15 is 0 Å². The minimum Gasteiger partial charge on any atom is -0.449 e. The molecule has 0 spiro atoms. The number of hydrogen-bond acceptors (Lipinski definition) is 3. The summed E-state index contributed by atoms with van der Waals surface area (Å²) < 4.78 is 5.32. The van der Waals surface area contributed by atoms with Gasteiger partial charge in [-0.3, -0.25) is 0 Å². The average molecular weight is 307 g/mol. The zero-order valence-corrected chi connectivity index (χ0v) is 12.6. The van der Waals surface area contributed by atoms with Gasteiger partial charge in [0, 0.05) is 5.92 Å². The van der Waals surface area contributed by atoms with Gasteiger partial charge in [0.2, 0.25) is 0 Å². The number of aldehydes is 1. The summed E-state index contributed by atoms with van der Waals surface area (Å²) in [7, 11) is 0. The van der Waals surface area contributed by atoms with Crippen LogP contribution in [0.5, 0.6) is 0 Å². The van der Waals surface area contributed by atoms with Crippen molar-refractivity contribution in [3.8, 4) is 11.1 Å². The molecule has 0 heterocycles. The van der Waals surface area contributed by atoms with Crippen molar-refractivity contribution in [3.05, 3.63) is 72.3 Å². The second-order valence-corrected chi connectivity index (χ2v) is 5.37. The lowest BCUT2D eigenvalue weighted by Crippen LogP contribution is -2.35. The molecule has 1 aliphatic rings. The highest BCUT2D eigenvalue weighted by atomic mass is 16.5. The number of fused-ring (bicyclic) bond motifs is 3. The van der Waals surface area contributed by atoms with E-state index in [9.17, 15) is 9.59 Å². The first-order valence-electron chi connectivity index (χ1n) is 7.44. The molecule has 4 heteroatoms. The molecule has 2 aromatic rings. The van der Waals surface area contributed by atoms with Crippen LogP contribution < -0.4 is 5.32 Å². The van der Waals surface area contributed by atoms with Crippen molar-refractivity contribution >= 4 is 12.4 Å². The summed E-state index contributed by atoms with van der Waals surface area (Å²) in [5, 5.41) is 2.44. The second kappa shape index (κ2) is 6.48. The van der Waals surface area contributed by atoms with Crippen LogP contribution in [0.4, 0.5) is 4.79 Å². The predicted octanol–water partition coefficient (Wildman–Crippen LogP) is 3.28. The maximum atomic E-state index is 11.8. The number of nitrogens with one attached hydrogen (secondary N) is 1. The van der Waals surface area contributed by atoms with E-state index in [4.69, 9.17) is 4.74 Å². The van der Waals surface area contributed by atoms with Crippen LogP contribution in [0.3, 0.4) is 0 Å².